The van der Waals surface area contributed by atoms with Gasteiger partial charge in [-0.1, -0.05) is 12.1 Å². The van der Waals surface area contributed by atoms with E-state index in [-0.39, 0.29) is 0 Å². The second-order valence-electron chi connectivity index (χ2n) is 4.55. The minimum atomic E-state index is 0.710. The molecule has 0 aromatic heterocycles. The van der Waals surface area contributed by atoms with E-state index in [9.17, 15) is 0 Å². The van der Waals surface area contributed by atoms with Gasteiger partial charge in [-0.2, -0.15) is 0 Å². The van der Waals surface area contributed by atoms with Gasteiger partial charge in [-0.05, 0) is 31.7 Å². The predicted molar refractivity (Wildman–Crippen MR) is 78.7 cm³/mol. The first-order valence-corrected chi connectivity index (χ1v) is 6.86. The van der Waals surface area contributed by atoms with Crippen LogP contribution in [0, 0.1) is 0 Å². The number of methoxy groups -OCH3 is 1. The summed E-state index contributed by atoms with van der Waals surface area (Å²) in [6.07, 6.45) is 0. The van der Waals surface area contributed by atoms with Gasteiger partial charge in [0, 0.05) is 33.3 Å². The maximum absolute atomic E-state index is 5.49. The van der Waals surface area contributed by atoms with Crippen molar-refractivity contribution in [2.45, 2.75) is 13.5 Å². The van der Waals surface area contributed by atoms with Crippen LogP contribution in [0.2, 0.25) is 0 Å². The van der Waals surface area contributed by atoms with Crippen molar-refractivity contribution >= 4 is 0 Å². The van der Waals surface area contributed by atoms with E-state index in [2.05, 4.69) is 29.4 Å². The van der Waals surface area contributed by atoms with Crippen LogP contribution < -0.4 is 10.1 Å². The molecule has 0 saturated heterocycles. The van der Waals surface area contributed by atoms with Crippen LogP contribution >= 0.6 is 0 Å². The third kappa shape index (κ3) is 7.15. The number of nitrogens with one attached hydrogen (secondary N) is 1. The van der Waals surface area contributed by atoms with Crippen LogP contribution in [0.5, 0.6) is 5.75 Å². The molecule has 0 amide bonds. The summed E-state index contributed by atoms with van der Waals surface area (Å²) in [7, 11) is 3.84. The lowest BCUT2D eigenvalue weighted by molar-refractivity contribution is 0.161. The monoisotopic (exact) mass is 266 g/mol. The van der Waals surface area contributed by atoms with E-state index in [1.807, 2.05) is 19.1 Å². The molecule has 19 heavy (non-hydrogen) atoms. The maximum Gasteiger partial charge on any atom is 0.119 e. The number of likely N-dealkylation sites (N-methyl/N-ethyl adjacent to an activating group) is 1. The van der Waals surface area contributed by atoms with Crippen molar-refractivity contribution in [3.05, 3.63) is 29.8 Å². The summed E-state index contributed by atoms with van der Waals surface area (Å²) in [5.41, 5.74) is 1.26. The Morgan fingerprint density at radius 2 is 2.11 bits per heavy atom. The highest BCUT2D eigenvalue weighted by Crippen LogP contribution is 2.12. The number of hydrogen-bond acceptors (Lipinski definition) is 4. The van der Waals surface area contributed by atoms with Crippen LogP contribution in [0.1, 0.15) is 12.5 Å². The minimum absolute atomic E-state index is 0.710. The molecule has 1 N–H and O–H groups in total. The van der Waals surface area contributed by atoms with Gasteiger partial charge in [0.2, 0.25) is 0 Å². The number of benzene rings is 1. The third-order valence-corrected chi connectivity index (χ3v) is 2.89. The Hall–Kier alpha value is -1.10. The lowest BCUT2D eigenvalue weighted by atomic mass is 10.2. The fourth-order valence-electron chi connectivity index (χ4n) is 1.77. The molecule has 1 aromatic carbocycles. The van der Waals surface area contributed by atoms with Crippen LogP contribution in [0.25, 0.3) is 0 Å². The van der Waals surface area contributed by atoms with Crippen LogP contribution in [0.4, 0.5) is 0 Å². The Morgan fingerprint density at radius 3 is 2.84 bits per heavy atom. The molecule has 0 unspecified atom stereocenters. The molecular weight excluding hydrogens is 240 g/mol. The molecule has 0 spiro atoms. The molecule has 0 heterocycles. The summed E-state index contributed by atoms with van der Waals surface area (Å²) in [6.45, 7) is 7.33. The highest BCUT2D eigenvalue weighted by molar-refractivity contribution is 5.28. The van der Waals surface area contributed by atoms with Crippen molar-refractivity contribution in [2.24, 2.45) is 0 Å². The van der Waals surface area contributed by atoms with Crippen molar-refractivity contribution in [1.29, 1.82) is 0 Å². The van der Waals surface area contributed by atoms with E-state index >= 15 is 0 Å². The summed E-state index contributed by atoms with van der Waals surface area (Å²) < 4.78 is 10.5. The third-order valence-electron chi connectivity index (χ3n) is 2.89. The van der Waals surface area contributed by atoms with Crippen LogP contribution in [-0.2, 0) is 11.3 Å². The lowest BCUT2D eigenvalue weighted by Gasteiger charge is -2.16. The van der Waals surface area contributed by atoms with E-state index in [4.69, 9.17) is 9.47 Å². The van der Waals surface area contributed by atoms with Gasteiger partial charge in [-0.15, -0.1) is 0 Å². The van der Waals surface area contributed by atoms with E-state index in [1.165, 1.54) is 5.56 Å². The summed E-state index contributed by atoms with van der Waals surface area (Å²) in [5, 5.41) is 3.44. The second-order valence-corrected chi connectivity index (χ2v) is 4.55. The van der Waals surface area contributed by atoms with Gasteiger partial charge in [-0.25, -0.2) is 0 Å². The van der Waals surface area contributed by atoms with Gasteiger partial charge in [0.15, 0.2) is 0 Å². The Morgan fingerprint density at radius 1 is 1.26 bits per heavy atom. The van der Waals surface area contributed by atoms with Crippen molar-refractivity contribution in [3.63, 3.8) is 0 Å². The Kier molecular flexibility index (Phi) is 8.21. The minimum Gasteiger partial charge on any atom is -0.494 e. The molecule has 0 aliphatic rings. The molecule has 0 aliphatic carbocycles. The molecular formula is C15H26N2O2. The van der Waals surface area contributed by atoms with E-state index < -0.39 is 0 Å². The smallest absolute Gasteiger partial charge is 0.119 e. The quantitative estimate of drug-likeness (QED) is 0.654. The Balaban J connectivity index is 2.20. The standard InChI is InChI=1S/C15H26N2O2/c1-4-19-15-7-5-6-14(12-15)13-16-8-9-17(2)10-11-18-3/h5-7,12,16H,4,8-11,13H2,1-3H3. The molecule has 1 aromatic rings. The zero-order valence-electron chi connectivity index (χ0n) is 12.3. The van der Waals surface area contributed by atoms with Gasteiger partial charge in [0.05, 0.1) is 13.2 Å². The van der Waals surface area contributed by atoms with Gasteiger partial charge in [0.25, 0.3) is 0 Å². The fourth-order valence-corrected chi connectivity index (χ4v) is 1.77. The molecule has 1 rings (SSSR count). The highest BCUT2D eigenvalue weighted by atomic mass is 16.5. The molecule has 0 aliphatic heterocycles. The first kappa shape index (κ1) is 16.0. The Labute approximate surface area is 116 Å². The van der Waals surface area contributed by atoms with E-state index in [0.29, 0.717) is 6.61 Å². The number of nitrogens with zero attached hydrogens (tertiary/aromatic N) is 1. The first-order valence-electron chi connectivity index (χ1n) is 6.86. The molecule has 0 saturated carbocycles. The lowest BCUT2D eigenvalue weighted by Crippen LogP contribution is -2.31. The summed E-state index contributed by atoms with van der Waals surface area (Å²) in [6, 6.07) is 8.23. The molecule has 0 radical (unpaired) electrons. The fraction of sp³-hybridized carbons (Fsp3) is 0.600. The van der Waals surface area contributed by atoms with Gasteiger partial charge >= 0.3 is 0 Å². The van der Waals surface area contributed by atoms with E-state index in [1.54, 1.807) is 7.11 Å². The van der Waals surface area contributed by atoms with Crippen molar-refractivity contribution in [3.8, 4) is 5.75 Å². The second kappa shape index (κ2) is 9.78. The van der Waals surface area contributed by atoms with Crippen molar-refractivity contribution in [1.82, 2.24) is 10.2 Å². The van der Waals surface area contributed by atoms with Crippen molar-refractivity contribution in [2.75, 3.05) is 47.0 Å². The van der Waals surface area contributed by atoms with Crippen LogP contribution in [0.15, 0.2) is 24.3 Å². The molecule has 0 fully saturated rings. The molecule has 108 valence electrons. The van der Waals surface area contributed by atoms with Crippen molar-refractivity contribution < 1.29 is 9.47 Å². The largest absolute Gasteiger partial charge is 0.494 e. The zero-order valence-corrected chi connectivity index (χ0v) is 12.3. The number of ether oxygens (including phenoxy) is 2. The summed E-state index contributed by atoms with van der Waals surface area (Å²) in [5.74, 6) is 0.944. The average Bonchev–Trinajstić information content (AvgIpc) is 2.42. The highest BCUT2D eigenvalue weighted by Gasteiger charge is 1.99. The molecule has 0 bridgehead atoms. The number of hydrogen-bond donors (Lipinski definition) is 1. The Bertz CT molecular complexity index is 345. The predicted octanol–water partition coefficient (Wildman–Crippen LogP) is 1.75. The molecule has 0 atom stereocenters. The molecule has 4 heteroatoms. The van der Waals surface area contributed by atoms with Gasteiger partial charge < -0.3 is 19.7 Å². The summed E-state index contributed by atoms with van der Waals surface area (Å²) in [4.78, 5) is 2.26. The van der Waals surface area contributed by atoms with E-state index in [0.717, 1.165) is 38.5 Å². The molecule has 4 nitrogen and oxygen atoms in total. The summed E-state index contributed by atoms with van der Waals surface area (Å²) >= 11 is 0. The van der Waals surface area contributed by atoms with Gasteiger partial charge in [-0.3, -0.25) is 0 Å². The van der Waals surface area contributed by atoms with Gasteiger partial charge in [0.1, 0.15) is 5.75 Å². The first-order chi connectivity index (χ1) is 9.26. The van der Waals surface area contributed by atoms with Crippen LogP contribution in [0.3, 0.4) is 0 Å². The topological polar surface area (TPSA) is 33.7 Å². The maximum atomic E-state index is 5.49. The normalized spacial score (nSPS) is 10.9. The average molecular weight is 266 g/mol. The SMILES string of the molecule is CCOc1cccc(CNCCN(C)CCOC)c1. The zero-order chi connectivity index (χ0) is 13.9. The van der Waals surface area contributed by atoms with Crippen LogP contribution in [-0.4, -0.2) is 51.9 Å². The number of rotatable bonds is 10.